The molecule has 1 heterocycles. The summed E-state index contributed by atoms with van der Waals surface area (Å²) < 4.78 is 0.998. The molecule has 0 radical (unpaired) electrons. The molecular weight excluding hydrogens is 310 g/mol. The van der Waals surface area contributed by atoms with Crippen molar-refractivity contribution in [2.24, 2.45) is 0 Å². The van der Waals surface area contributed by atoms with Crippen LogP contribution in [0.15, 0.2) is 22.7 Å². The van der Waals surface area contributed by atoms with Gasteiger partial charge in [0.2, 0.25) is 0 Å². The summed E-state index contributed by atoms with van der Waals surface area (Å²) in [6, 6.07) is 7.91. The molecule has 2 rings (SSSR count). The molecule has 1 aromatic carbocycles. The van der Waals surface area contributed by atoms with Crippen LogP contribution < -0.4 is 5.32 Å². The molecule has 18 heavy (non-hydrogen) atoms. The Kier molecular flexibility index (Phi) is 5.36. The lowest BCUT2D eigenvalue weighted by atomic mass is 10.2. The number of anilines is 1. The Labute approximate surface area is 121 Å². The number of hydrogen-bond donors (Lipinski definition) is 1. The van der Waals surface area contributed by atoms with Crippen molar-refractivity contribution < 1.29 is 0 Å². The lowest BCUT2D eigenvalue weighted by Crippen LogP contribution is -2.36. The summed E-state index contributed by atoms with van der Waals surface area (Å²) in [6.07, 6.45) is 0. The second kappa shape index (κ2) is 7.03. The highest BCUT2D eigenvalue weighted by Crippen LogP contribution is 2.20. The van der Waals surface area contributed by atoms with Crippen LogP contribution in [0, 0.1) is 11.3 Å². The van der Waals surface area contributed by atoms with Gasteiger partial charge in [-0.1, -0.05) is 15.9 Å². The van der Waals surface area contributed by atoms with Crippen LogP contribution in [0.1, 0.15) is 5.56 Å². The first-order valence-corrected chi connectivity index (χ1v) is 7.98. The number of nitrogens with zero attached hydrogens (tertiary/aromatic N) is 2. The molecule has 0 aliphatic carbocycles. The molecule has 0 unspecified atom stereocenters. The molecule has 96 valence electrons. The van der Waals surface area contributed by atoms with E-state index in [0.29, 0.717) is 5.56 Å². The van der Waals surface area contributed by atoms with Crippen LogP contribution in [0.4, 0.5) is 5.69 Å². The third-order valence-corrected chi connectivity index (χ3v) is 4.39. The standard InChI is InChI=1S/C13H16BrN3S/c14-12-2-1-11(10-15)13(9-12)16-3-4-17-5-7-18-8-6-17/h1-2,9,16H,3-8H2. The molecule has 0 atom stereocenters. The zero-order valence-electron chi connectivity index (χ0n) is 10.2. The minimum Gasteiger partial charge on any atom is -0.383 e. The fraction of sp³-hybridized carbons (Fsp3) is 0.462. The highest BCUT2D eigenvalue weighted by molar-refractivity contribution is 9.10. The molecule has 1 aromatic rings. The van der Waals surface area contributed by atoms with Gasteiger partial charge >= 0.3 is 0 Å². The fourth-order valence-corrected chi connectivity index (χ4v) is 3.27. The molecule has 1 aliphatic heterocycles. The SMILES string of the molecule is N#Cc1ccc(Br)cc1NCCN1CCSCC1. The Morgan fingerprint density at radius 1 is 1.39 bits per heavy atom. The van der Waals surface area contributed by atoms with Crippen LogP contribution in [0.5, 0.6) is 0 Å². The second-order valence-corrected chi connectivity index (χ2v) is 6.32. The van der Waals surface area contributed by atoms with E-state index in [1.165, 1.54) is 24.6 Å². The van der Waals surface area contributed by atoms with Crippen molar-refractivity contribution >= 4 is 33.4 Å². The third kappa shape index (κ3) is 3.91. The topological polar surface area (TPSA) is 39.1 Å². The molecule has 1 aliphatic rings. The highest BCUT2D eigenvalue weighted by atomic mass is 79.9. The zero-order valence-corrected chi connectivity index (χ0v) is 12.6. The summed E-state index contributed by atoms with van der Waals surface area (Å²) >= 11 is 5.46. The maximum absolute atomic E-state index is 9.04. The molecule has 1 saturated heterocycles. The van der Waals surface area contributed by atoms with Gasteiger partial charge in [-0.05, 0) is 18.2 Å². The quantitative estimate of drug-likeness (QED) is 0.923. The van der Waals surface area contributed by atoms with Crippen LogP contribution in [0.2, 0.25) is 0 Å². The molecular formula is C13H16BrN3S. The summed E-state index contributed by atoms with van der Waals surface area (Å²) in [5.41, 5.74) is 1.62. The van der Waals surface area contributed by atoms with Crippen molar-refractivity contribution in [1.82, 2.24) is 4.90 Å². The average Bonchev–Trinajstić information content (AvgIpc) is 2.40. The predicted octanol–water partition coefficient (Wildman–Crippen LogP) is 2.78. The van der Waals surface area contributed by atoms with E-state index in [9.17, 15) is 0 Å². The van der Waals surface area contributed by atoms with Crippen LogP contribution in [-0.2, 0) is 0 Å². The van der Waals surface area contributed by atoms with Crippen molar-refractivity contribution in [3.63, 3.8) is 0 Å². The number of halogens is 1. The zero-order chi connectivity index (χ0) is 12.8. The van der Waals surface area contributed by atoms with E-state index in [0.717, 1.165) is 23.2 Å². The highest BCUT2D eigenvalue weighted by Gasteiger charge is 2.09. The van der Waals surface area contributed by atoms with Crippen LogP contribution in [0.25, 0.3) is 0 Å². The summed E-state index contributed by atoms with van der Waals surface area (Å²) in [4.78, 5) is 2.47. The molecule has 0 aromatic heterocycles. The van der Waals surface area contributed by atoms with E-state index in [1.54, 1.807) is 0 Å². The van der Waals surface area contributed by atoms with Crippen molar-refractivity contribution in [2.75, 3.05) is 43.0 Å². The first kappa shape index (κ1) is 13.7. The van der Waals surface area contributed by atoms with E-state index in [2.05, 4.69) is 32.2 Å². The average molecular weight is 326 g/mol. The molecule has 3 nitrogen and oxygen atoms in total. The van der Waals surface area contributed by atoms with Gasteiger partial charge in [0.25, 0.3) is 0 Å². The van der Waals surface area contributed by atoms with E-state index < -0.39 is 0 Å². The maximum Gasteiger partial charge on any atom is 0.101 e. The largest absolute Gasteiger partial charge is 0.383 e. The van der Waals surface area contributed by atoms with Crippen molar-refractivity contribution in [3.8, 4) is 6.07 Å². The number of benzene rings is 1. The van der Waals surface area contributed by atoms with Crippen molar-refractivity contribution in [3.05, 3.63) is 28.2 Å². The number of nitrogens with one attached hydrogen (secondary N) is 1. The van der Waals surface area contributed by atoms with E-state index in [1.807, 2.05) is 30.0 Å². The van der Waals surface area contributed by atoms with Gasteiger partial charge < -0.3 is 5.32 Å². The maximum atomic E-state index is 9.04. The normalized spacial score (nSPS) is 16.2. The summed E-state index contributed by atoms with van der Waals surface area (Å²) in [6.45, 7) is 4.28. The number of hydrogen-bond acceptors (Lipinski definition) is 4. The van der Waals surface area contributed by atoms with E-state index >= 15 is 0 Å². The summed E-state index contributed by atoms with van der Waals surface area (Å²) in [7, 11) is 0. The van der Waals surface area contributed by atoms with Gasteiger partial charge in [0.05, 0.1) is 11.3 Å². The van der Waals surface area contributed by atoms with Gasteiger partial charge in [-0.15, -0.1) is 0 Å². The Morgan fingerprint density at radius 3 is 2.89 bits per heavy atom. The molecule has 0 spiro atoms. The minimum atomic E-state index is 0.701. The Hall–Kier alpha value is -0.700. The Balaban J connectivity index is 1.86. The predicted molar refractivity (Wildman–Crippen MR) is 81.1 cm³/mol. The van der Waals surface area contributed by atoms with Gasteiger partial charge in [0, 0.05) is 42.2 Å². The Morgan fingerprint density at radius 2 is 2.17 bits per heavy atom. The summed E-state index contributed by atoms with van der Waals surface area (Å²) in [5.74, 6) is 2.47. The van der Waals surface area contributed by atoms with Gasteiger partial charge in [0.1, 0.15) is 6.07 Å². The van der Waals surface area contributed by atoms with E-state index in [4.69, 9.17) is 5.26 Å². The number of thioether (sulfide) groups is 1. The van der Waals surface area contributed by atoms with Crippen molar-refractivity contribution in [2.45, 2.75) is 0 Å². The molecule has 5 heteroatoms. The molecule has 1 N–H and O–H groups in total. The van der Waals surface area contributed by atoms with Crippen molar-refractivity contribution in [1.29, 1.82) is 5.26 Å². The van der Waals surface area contributed by atoms with Gasteiger partial charge in [-0.3, -0.25) is 4.90 Å². The molecule has 0 saturated carbocycles. The monoisotopic (exact) mass is 325 g/mol. The first-order valence-electron chi connectivity index (χ1n) is 6.03. The smallest absolute Gasteiger partial charge is 0.101 e. The van der Waals surface area contributed by atoms with Gasteiger partial charge in [-0.2, -0.15) is 17.0 Å². The van der Waals surface area contributed by atoms with Gasteiger partial charge in [-0.25, -0.2) is 0 Å². The lowest BCUT2D eigenvalue weighted by molar-refractivity contribution is 0.314. The third-order valence-electron chi connectivity index (χ3n) is 2.95. The Bertz CT molecular complexity index is 438. The van der Waals surface area contributed by atoms with Crippen LogP contribution >= 0.6 is 27.7 Å². The summed E-state index contributed by atoms with van der Waals surface area (Å²) in [5, 5.41) is 12.4. The van der Waals surface area contributed by atoms with Gasteiger partial charge in [0.15, 0.2) is 0 Å². The fourth-order valence-electron chi connectivity index (χ4n) is 1.93. The number of nitriles is 1. The molecule has 0 amide bonds. The number of rotatable bonds is 4. The molecule has 0 bridgehead atoms. The van der Waals surface area contributed by atoms with E-state index in [-0.39, 0.29) is 0 Å². The van der Waals surface area contributed by atoms with Crippen LogP contribution in [-0.4, -0.2) is 42.6 Å². The van der Waals surface area contributed by atoms with Crippen LogP contribution in [0.3, 0.4) is 0 Å². The second-order valence-electron chi connectivity index (χ2n) is 4.18. The lowest BCUT2D eigenvalue weighted by Gasteiger charge is -2.26. The minimum absolute atomic E-state index is 0.701. The first-order chi connectivity index (χ1) is 8.79. The molecule has 1 fully saturated rings.